The van der Waals surface area contributed by atoms with Crippen LogP contribution in [-0.4, -0.2) is 34.1 Å². The van der Waals surface area contributed by atoms with Crippen LogP contribution < -0.4 is 10.5 Å². The largest absolute Gasteiger partial charge is 0.465 e. The highest BCUT2D eigenvalue weighted by molar-refractivity contribution is 7.88. The Kier molecular flexibility index (Phi) is 6.15. The van der Waals surface area contributed by atoms with E-state index in [4.69, 9.17) is 10.5 Å². The summed E-state index contributed by atoms with van der Waals surface area (Å²) < 4.78 is 32.4. The van der Waals surface area contributed by atoms with Crippen molar-refractivity contribution in [1.29, 1.82) is 0 Å². The van der Waals surface area contributed by atoms with E-state index in [0.717, 1.165) is 25.7 Å². The van der Waals surface area contributed by atoms with Crippen LogP contribution in [0.4, 0.5) is 0 Å². The molecule has 6 nitrogen and oxygen atoms in total. The first kappa shape index (κ1) is 17.9. The van der Waals surface area contributed by atoms with Gasteiger partial charge in [0.1, 0.15) is 0 Å². The van der Waals surface area contributed by atoms with Gasteiger partial charge in [0.05, 0.1) is 18.4 Å². The number of carbonyl (C=O) groups excluding carboxylic acids is 1. The average Bonchev–Trinajstić information content (AvgIpc) is 3.06. The molecular formula is C16H24N2O4S. The summed E-state index contributed by atoms with van der Waals surface area (Å²) in [6, 6.07) is 6.32. The zero-order chi connectivity index (χ0) is 16.9. The number of rotatable bonds is 7. The molecule has 0 heterocycles. The van der Waals surface area contributed by atoms with Crippen molar-refractivity contribution in [2.75, 3.05) is 13.7 Å². The molecule has 7 heteroatoms. The molecule has 0 radical (unpaired) electrons. The second-order valence-electron chi connectivity index (χ2n) is 5.91. The van der Waals surface area contributed by atoms with Crippen LogP contribution in [0.25, 0.3) is 0 Å². The minimum Gasteiger partial charge on any atom is -0.465 e. The second kappa shape index (κ2) is 7.90. The molecule has 0 aliphatic heterocycles. The van der Waals surface area contributed by atoms with E-state index in [1.807, 2.05) is 0 Å². The minimum atomic E-state index is -3.59. The Balaban J connectivity index is 2.13. The minimum absolute atomic E-state index is 0.243. The molecule has 0 aromatic heterocycles. The van der Waals surface area contributed by atoms with Crippen LogP contribution in [0.1, 0.15) is 41.6 Å². The van der Waals surface area contributed by atoms with Crippen molar-refractivity contribution in [1.82, 2.24) is 4.72 Å². The standard InChI is InChI=1S/C16H24N2O4S/c1-22-16(19)14-9-5-4-8-13(14)11-23(20,21)18-15(10-17)12-6-2-3-7-12/h4-5,8-9,12,15,18H,2-3,6-7,10-11,17H2,1H3. The summed E-state index contributed by atoms with van der Waals surface area (Å²) in [6.45, 7) is 0.280. The molecule has 1 saturated carbocycles. The van der Waals surface area contributed by atoms with Crippen molar-refractivity contribution < 1.29 is 17.9 Å². The maximum atomic E-state index is 12.5. The Labute approximate surface area is 137 Å². The SMILES string of the molecule is COC(=O)c1ccccc1CS(=O)(=O)NC(CN)C1CCCC1. The molecule has 23 heavy (non-hydrogen) atoms. The van der Waals surface area contributed by atoms with Gasteiger partial charge in [-0.2, -0.15) is 0 Å². The lowest BCUT2D eigenvalue weighted by Crippen LogP contribution is -2.45. The fourth-order valence-electron chi connectivity index (χ4n) is 3.13. The van der Waals surface area contributed by atoms with E-state index in [1.165, 1.54) is 7.11 Å². The smallest absolute Gasteiger partial charge is 0.338 e. The molecule has 1 fully saturated rings. The molecule has 0 spiro atoms. The summed E-state index contributed by atoms with van der Waals surface area (Å²) >= 11 is 0. The van der Waals surface area contributed by atoms with Gasteiger partial charge in [-0.05, 0) is 30.4 Å². The van der Waals surface area contributed by atoms with Gasteiger partial charge in [-0.1, -0.05) is 31.0 Å². The van der Waals surface area contributed by atoms with Crippen molar-refractivity contribution in [2.24, 2.45) is 11.7 Å². The second-order valence-corrected chi connectivity index (χ2v) is 7.67. The van der Waals surface area contributed by atoms with Crippen LogP contribution in [0.3, 0.4) is 0 Å². The monoisotopic (exact) mass is 340 g/mol. The zero-order valence-corrected chi connectivity index (χ0v) is 14.1. The molecule has 1 unspecified atom stereocenters. The van der Waals surface area contributed by atoms with E-state index >= 15 is 0 Å². The number of esters is 1. The molecule has 1 aliphatic rings. The molecule has 1 aliphatic carbocycles. The van der Waals surface area contributed by atoms with Crippen LogP contribution in [0.5, 0.6) is 0 Å². The van der Waals surface area contributed by atoms with Crippen molar-refractivity contribution in [3.8, 4) is 0 Å². The number of methoxy groups -OCH3 is 1. The number of nitrogens with two attached hydrogens (primary N) is 1. The first-order valence-electron chi connectivity index (χ1n) is 7.83. The molecule has 3 N–H and O–H groups in total. The van der Waals surface area contributed by atoms with Crippen LogP contribution in [0, 0.1) is 5.92 Å². The third-order valence-electron chi connectivity index (χ3n) is 4.32. The molecule has 1 atom stereocenters. The van der Waals surface area contributed by atoms with E-state index in [9.17, 15) is 13.2 Å². The maximum absolute atomic E-state index is 12.5. The number of hydrogen-bond donors (Lipinski definition) is 2. The lowest BCUT2D eigenvalue weighted by atomic mass is 9.99. The van der Waals surface area contributed by atoms with Crippen molar-refractivity contribution >= 4 is 16.0 Å². The molecule has 2 rings (SSSR count). The van der Waals surface area contributed by atoms with Gasteiger partial charge in [0.25, 0.3) is 0 Å². The van der Waals surface area contributed by atoms with Gasteiger partial charge in [-0.25, -0.2) is 17.9 Å². The van der Waals surface area contributed by atoms with Crippen molar-refractivity contribution in [3.05, 3.63) is 35.4 Å². The fraction of sp³-hybridized carbons (Fsp3) is 0.562. The third kappa shape index (κ3) is 4.76. The van der Waals surface area contributed by atoms with Crippen LogP contribution in [0.2, 0.25) is 0 Å². The lowest BCUT2D eigenvalue weighted by Gasteiger charge is -2.23. The Morgan fingerprint density at radius 3 is 2.61 bits per heavy atom. The van der Waals surface area contributed by atoms with E-state index in [2.05, 4.69) is 4.72 Å². The van der Waals surface area contributed by atoms with E-state index in [0.29, 0.717) is 11.5 Å². The highest BCUT2D eigenvalue weighted by Gasteiger charge is 2.28. The van der Waals surface area contributed by atoms with Gasteiger partial charge in [-0.3, -0.25) is 0 Å². The van der Waals surface area contributed by atoms with Gasteiger partial charge in [0.2, 0.25) is 10.0 Å². The molecule has 1 aromatic rings. The summed E-state index contributed by atoms with van der Waals surface area (Å²) in [5.41, 5.74) is 6.45. The zero-order valence-electron chi connectivity index (χ0n) is 13.3. The maximum Gasteiger partial charge on any atom is 0.338 e. The molecule has 128 valence electrons. The molecule has 0 saturated heterocycles. The number of ether oxygens (including phenoxy) is 1. The average molecular weight is 340 g/mol. The highest BCUT2D eigenvalue weighted by atomic mass is 32.2. The van der Waals surface area contributed by atoms with Gasteiger partial charge in [-0.15, -0.1) is 0 Å². The lowest BCUT2D eigenvalue weighted by molar-refractivity contribution is 0.0600. The van der Waals surface area contributed by atoms with Crippen LogP contribution >= 0.6 is 0 Å². The predicted molar refractivity (Wildman–Crippen MR) is 88.3 cm³/mol. The normalized spacial score (nSPS) is 17.1. The molecule has 1 aromatic carbocycles. The fourth-order valence-corrected chi connectivity index (χ4v) is 4.62. The Hall–Kier alpha value is -1.44. The first-order chi connectivity index (χ1) is 11.0. The number of carbonyl (C=O) groups is 1. The summed E-state index contributed by atoms with van der Waals surface area (Å²) in [5, 5.41) is 0. The Bertz CT molecular complexity index is 639. The third-order valence-corrected chi connectivity index (χ3v) is 5.67. The van der Waals surface area contributed by atoms with E-state index < -0.39 is 16.0 Å². The van der Waals surface area contributed by atoms with Gasteiger partial charge < -0.3 is 10.5 Å². The summed E-state index contributed by atoms with van der Waals surface area (Å²) in [5.74, 6) is -0.505. The van der Waals surface area contributed by atoms with E-state index in [-0.39, 0.29) is 23.9 Å². The molecule has 0 amide bonds. The quantitative estimate of drug-likeness (QED) is 0.731. The Morgan fingerprint density at radius 1 is 1.35 bits per heavy atom. The summed E-state index contributed by atoms with van der Waals surface area (Å²) in [4.78, 5) is 11.8. The number of benzene rings is 1. The van der Waals surface area contributed by atoms with Gasteiger partial charge >= 0.3 is 5.97 Å². The number of hydrogen-bond acceptors (Lipinski definition) is 5. The topological polar surface area (TPSA) is 98.5 Å². The number of sulfonamides is 1. The highest BCUT2D eigenvalue weighted by Crippen LogP contribution is 2.28. The van der Waals surface area contributed by atoms with Gasteiger partial charge in [0.15, 0.2) is 0 Å². The van der Waals surface area contributed by atoms with Gasteiger partial charge in [0, 0.05) is 12.6 Å². The summed E-state index contributed by atoms with van der Waals surface area (Å²) in [6.07, 6.45) is 4.24. The van der Waals surface area contributed by atoms with Crippen molar-refractivity contribution in [3.63, 3.8) is 0 Å². The predicted octanol–water partition coefficient (Wildman–Crippen LogP) is 1.41. The number of nitrogens with one attached hydrogen (secondary N) is 1. The van der Waals surface area contributed by atoms with Crippen molar-refractivity contribution in [2.45, 2.75) is 37.5 Å². The van der Waals surface area contributed by atoms with E-state index in [1.54, 1.807) is 24.3 Å². The molecule has 0 bridgehead atoms. The molecular weight excluding hydrogens is 316 g/mol. The van der Waals surface area contributed by atoms with Crippen LogP contribution in [-0.2, 0) is 20.5 Å². The van der Waals surface area contributed by atoms with Crippen LogP contribution in [0.15, 0.2) is 24.3 Å². The Morgan fingerprint density at radius 2 is 2.00 bits per heavy atom. The summed E-state index contributed by atoms with van der Waals surface area (Å²) in [7, 11) is -2.31. The first-order valence-corrected chi connectivity index (χ1v) is 9.48.